The molecule has 4 rings (SSSR count). The van der Waals surface area contributed by atoms with E-state index in [4.69, 9.17) is 0 Å². The zero-order chi connectivity index (χ0) is 24.8. The van der Waals surface area contributed by atoms with Crippen LogP contribution in [0.2, 0.25) is 0 Å². The molecule has 2 aliphatic carbocycles. The molecule has 0 saturated heterocycles. The van der Waals surface area contributed by atoms with Crippen LogP contribution in [0.3, 0.4) is 0 Å². The second-order valence-electron chi connectivity index (χ2n) is 9.73. The van der Waals surface area contributed by atoms with Crippen molar-refractivity contribution in [2.45, 2.75) is 57.2 Å². The van der Waals surface area contributed by atoms with E-state index in [0.717, 1.165) is 12.8 Å². The summed E-state index contributed by atoms with van der Waals surface area (Å²) < 4.78 is 4.62. The van der Waals surface area contributed by atoms with E-state index in [2.05, 4.69) is 70.8 Å². The van der Waals surface area contributed by atoms with Gasteiger partial charge in [0.25, 0.3) is 5.91 Å². The van der Waals surface area contributed by atoms with Crippen LogP contribution in [0.25, 0.3) is 10.8 Å². The van der Waals surface area contributed by atoms with Crippen molar-refractivity contribution in [3.05, 3.63) is 71.8 Å². The number of ether oxygens (including phenoxy) is 1. The molecule has 1 amide bonds. The van der Waals surface area contributed by atoms with Crippen molar-refractivity contribution in [3.63, 3.8) is 0 Å². The fourth-order valence-electron chi connectivity index (χ4n) is 5.56. The van der Waals surface area contributed by atoms with Crippen LogP contribution in [0.5, 0.6) is 0 Å². The van der Waals surface area contributed by atoms with Crippen LogP contribution in [0.4, 0.5) is 0 Å². The van der Waals surface area contributed by atoms with Gasteiger partial charge in [-0.2, -0.15) is 0 Å². The third-order valence-electron chi connectivity index (χ3n) is 7.46. The Morgan fingerprint density at radius 1 is 1.14 bits per heavy atom. The number of carbonyl (C=O) groups excluding carboxylic acids is 2. The monoisotopic (exact) mass is 476 g/mol. The zero-order valence-corrected chi connectivity index (χ0v) is 20.6. The van der Waals surface area contributed by atoms with Crippen molar-refractivity contribution in [2.75, 3.05) is 13.7 Å². The number of hydrogen-bond acceptors (Lipinski definition) is 5. The Hall–Kier alpha value is -2.96. The number of nitrogens with one attached hydrogen (secondary N) is 2. The molecule has 35 heavy (non-hydrogen) atoms. The van der Waals surface area contributed by atoms with E-state index in [0.29, 0.717) is 23.5 Å². The van der Waals surface area contributed by atoms with E-state index in [1.165, 1.54) is 42.7 Å². The standard InChI is InChI=1S/C29H36N2O4/c1-19(25-12-6-8-21-7-3-4-11-26(21)25)30-24-10-5-9-23(17-24)20-13-15-22(16-14-20)28(33)31-27(18-32)29(34)35-2/h3-4,6-8,11-13,15-16,19-20,23-24,27,30,32H,5,9-10,14,17-18H2,1-2H3,(H,31,33)/t19-,20?,23+,24+,27+/m1/s1. The Labute approximate surface area is 207 Å². The summed E-state index contributed by atoms with van der Waals surface area (Å²) in [6, 6.07) is 14.8. The summed E-state index contributed by atoms with van der Waals surface area (Å²) in [5, 5.41) is 18.4. The molecule has 1 fully saturated rings. The highest BCUT2D eigenvalue weighted by atomic mass is 16.5. The summed E-state index contributed by atoms with van der Waals surface area (Å²) in [6.07, 6.45) is 11.4. The molecule has 1 saturated carbocycles. The van der Waals surface area contributed by atoms with Crippen LogP contribution in [0.15, 0.2) is 66.3 Å². The van der Waals surface area contributed by atoms with E-state index in [9.17, 15) is 14.7 Å². The number of allylic oxidation sites excluding steroid dienone is 2. The fraction of sp³-hybridized carbons (Fsp3) is 0.448. The lowest BCUT2D eigenvalue weighted by atomic mass is 9.74. The van der Waals surface area contributed by atoms with Crippen molar-refractivity contribution < 1.29 is 19.4 Å². The average Bonchev–Trinajstić information content (AvgIpc) is 2.91. The summed E-state index contributed by atoms with van der Waals surface area (Å²) in [4.78, 5) is 24.2. The number of amides is 1. The third kappa shape index (κ3) is 6.00. The lowest BCUT2D eigenvalue weighted by Crippen LogP contribution is -2.44. The first-order chi connectivity index (χ1) is 17.0. The third-order valence-corrected chi connectivity index (χ3v) is 7.46. The molecule has 0 radical (unpaired) electrons. The van der Waals surface area contributed by atoms with Gasteiger partial charge < -0.3 is 20.5 Å². The van der Waals surface area contributed by atoms with Crippen LogP contribution in [0.1, 0.15) is 50.6 Å². The molecule has 0 bridgehead atoms. The molecule has 2 aliphatic rings. The first kappa shape index (κ1) is 25.1. The topological polar surface area (TPSA) is 87.7 Å². The molecule has 5 atom stereocenters. The summed E-state index contributed by atoms with van der Waals surface area (Å²) in [6.45, 7) is 1.76. The van der Waals surface area contributed by atoms with Gasteiger partial charge in [0.2, 0.25) is 0 Å². The van der Waals surface area contributed by atoms with Gasteiger partial charge in [-0.15, -0.1) is 0 Å². The second kappa shape index (κ2) is 11.6. The number of aliphatic hydroxyl groups is 1. The fourth-order valence-corrected chi connectivity index (χ4v) is 5.56. The van der Waals surface area contributed by atoms with Crippen molar-refractivity contribution in [1.82, 2.24) is 10.6 Å². The quantitative estimate of drug-likeness (QED) is 0.497. The van der Waals surface area contributed by atoms with Gasteiger partial charge in [-0.25, -0.2) is 4.79 Å². The zero-order valence-electron chi connectivity index (χ0n) is 20.6. The van der Waals surface area contributed by atoms with Crippen LogP contribution in [0, 0.1) is 11.8 Å². The Morgan fingerprint density at radius 2 is 1.94 bits per heavy atom. The second-order valence-corrected chi connectivity index (χ2v) is 9.73. The number of esters is 1. The van der Waals surface area contributed by atoms with Crippen LogP contribution in [-0.2, 0) is 14.3 Å². The van der Waals surface area contributed by atoms with Crippen LogP contribution >= 0.6 is 0 Å². The normalized spacial score (nSPS) is 23.9. The molecule has 0 aliphatic heterocycles. The summed E-state index contributed by atoms with van der Waals surface area (Å²) in [5.41, 5.74) is 1.87. The van der Waals surface area contributed by atoms with E-state index in [-0.39, 0.29) is 11.9 Å². The summed E-state index contributed by atoms with van der Waals surface area (Å²) in [5.74, 6) is -0.0505. The van der Waals surface area contributed by atoms with Crippen LogP contribution in [-0.4, -0.2) is 42.8 Å². The number of carbonyl (C=O) groups is 2. The van der Waals surface area contributed by atoms with Crippen molar-refractivity contribution in [2.24, 2.45) is 11.8 Å². The lowest BCUT2D eigenvalue weighted by Gasteiger charge is -2.36. The van der Waals surface area contributed by atoms with Gasteiger partial charge in [0.15, 0.2) is 6.04 Å². The summed E-state index contributed by atoms with van der Waals surface area (Å²) in [7, 11) is 1.23. The number of benzene rings is 2. The smallest absolute Gasteiger partial charge is 0.330 e. The van der Waals surface area contributed by atoms with Gasteiger partial charge in [-0.05, 0) is 60.8 Å². The molecule has 1 unspecified atom stereocenters. The average molecular weight is 477 g/mol. The molecule has 186 valence electrons. The molecule has 0 aromatic heterocycles. The SMILES string of the molecule is COC(=O)[C@H](CO)NC(=O)C1=CCC([C@H]2CCC[C@H](N[C@H](C)c3cccc4ccccc34)C2)C=C1. The number of rotatable bonds is 8. The van der Waals surface area contributed by atoms with Gasteiger partial charge in [-0.1, -0.05) is 67.1 Å². The molecule has 6 heteroatoms. The van der Waals surface area contributed by atoms with Crippen molar-refractivity contribution >= 4 is 22.6 Å². The maximum absolute atomic E-state index is 12.5. The minimum absolute atomic E-state index is 0.274. The van der Waals surface area contributed by atoms with Crippen LogP contribution < -0.4 is 10.6 Å². The molecule has 6 nitrogen and oxygen atoms in total. The van der Waals surface area contributed by atoms with Gasteiger partial charge in [0, 0.05) is 17.7 Å². The van der Waals surface area contributed by atoms with E-state index < -0.39 is 18.6 Å². The number of hydrogen-bond donors (Lipinski definition) is 3. The van der Waals surface area contributed by atoms with Gasteiger partial charge in [0.05, 0.1) is 13.7 Å². The maximum Gasteiger partial charge on any atom is 0.330 e. The highest BCUT2D eigenvalue weighted by molar-refractivity contribution is 5.98. The summed E-state index contributed by atoms with van der Waals surface area (Å²) >= 11 is 0. The Kier molecular flexibility index (Phi) is 8.37. The first-order valence-electron chi connectivity index (χ1n) is 12.6. The van der Waals surface area contributed by atoms with Gasteiger partial charge >= 0.3 is 5.97 Å². The predicted octanol–water partition coefficient (Wildman–Crippen LogP) is 4.20. The molecule has 2 aromatic carbocycles. The highest BCUT2D eigenvalue weighted by Gasteiger charge is 2.30. The first-order valence-corrected chi connectivity index (χ1v) is 12.6. The number of fused-ring (bicyclic) bond motifs is 1. The molecule has 0 spiro atoms. The molecule has 3 N–H and O–H groups in total. The minimum atomic E-state index is -1.05. The van der Waals surface area contributed by atoms with E-state index in [1.807, 2.05) is 12.2 Å². The molecule has 0 heterocycles. The molecular formula is C29H36N2O4. The highest BCUT2D eigenvalue weighted by Crippen LogP contribution is 2.36. The Morgan fingerprint density at radius 3 is 2.69 bits per heavy atom. The maximum atomic E-state index is 12.5. The van der Waals surface area contributed by atoms with E-state index in [1.54, 1.807) is 0 Å². The van der Waals surface area contributed by atoms with Gasteiger partial charge in [-0.3, -0.25) is 4.79 Å². The van der Waals surface area contributed by atoms with Crippen molar-refractivity contribution in [1.29, 1.82) is 0 Å². The van der Waals surface area contributed by atoms with Crippen molar-refractivity contribution in [3.8, 4) is 0 Å². The molecule has 2 aromatic rings. The Balaban J connectivity index is 1.33. The van der Waals surface area contributed by atoms with Gasteiger partial charge in [0.1, 0.15) is 0 Å². The molecular weight excluding hydrogens is 440 g/mol. The lowest BCUT2D eigenvalue weighted by molar-refractivity contribution is -0.145. The number of methoxy groups -OCH3 is 1. The van der Waals surface area contributed by atoms with E-state index >= 15 is 0 Å². The Bertz CT molecular complexity index is 1100. The minimum Gasteiger partial charge on any atom is -0.467 e. The largest absolute Gasteiger partial charge is 0.467 e. The number of aliphatic hydroxyl groups excluding tert-OH is 1. The predicted molar refractivity (Wildman–Crippen MR) is 138 cm³/mol.